The lowest BCUT2D eigenvalue weighted by Crippen LogP contribution is -2.31. The van der Waals surface area contributed by atoms with E-state index in [4.69, 9.17) is 4.74 Å². The zero-order valence-corrected chi connectivity index (χ0v) is 16.4. The average molecular weight is 395 g/mol. The number of hydrogen-bond donors (Lipinski definition) is 2. The maximum Gasteiger partial charge on any atom is 0.257 e. The molecular formula is C23H26FN3O2. The number of carbonyl (C=O) groups excluding carboxylic acids is 1. The van der Waals surface area contributed by atoms with Gasteiger partial charge in [0.15, 0.2) is 0 Å². The molecule has 2 aliphatic rings. The first kappa shape index (κ1) is 19.5. The summed E-state index contributed by atoms with van der Waals surface area (Å²) in [6, 6.07) is 11.9. The van der Waals surface area contributed by atoms with Crippen LogP contribution in [0.25, 0.3) is 5.57 Å². The number of nitrogens with one attached hydrogen (secondary N) is 2. The van der Waals surface area contributed by atoms with Crippen LogP contribution >= 0.6 is 0 Å². The normalized spacial score (nSPS) is 17.8. The lowest BCUT2D eigenvalue weighted by Gasteiger charge is -2.26. The fraction of sp³-hybridized carbons (Fsp3) is 0.348. The Kier molecular flexibility index (Phi) is 6.10. The third-order valence-corrected chi connectivity index (χ3v) is 5.34. The minimum Gasteiger partial charge on any atom is -0.494 e. The SMILES string of the molecule is O=C1Nc2ccc(F)cc2/C1=C\Nc1ccc(OCCCN2CCCCC2)cc1. The van der Waals surface area contributed by atoms with Gasteiger partial charge in [-0.1, -0.05) is 6.42 Å². The number of piperidine rings is 1. The van der Waals surface area contributed by atoms with Crippen LogP contribution in [0.1, 0.15) is 31.2 Å². The number of fused-ring (bicyclic) bond motifs is 1. The predicted molar refractivity (Wildman–Crippen MR) is 113 cm³/mol. The third-order valence-electron chi connectivity index (χ3n) is 5.34. The fourth-order valence-electron chi connectivity index (χ4n) is 3.77. The first-order valence-electron chi connectivity index (χ1n) is 10.2. The third kappa shape index (κ3) is 4.95. The second-order valence-corrected chi connectivity index (χ2v) is 7.48. The summed E-state index contributed by atoms with van der Waals surface area (Å²) in [5.74, 6) is 0.215. The Morgan fingerprint density at radius 1 is 1.10 bits per heavy atom. The van der Waals surface area contributed by atoms with Gasteiger partial charge in [-0.2, -0.15) is 0 Å². The molecular weight excluding hydrogens is 369 g/mol. The Bertz CT molecular complexity index is 889. The van der Waals surface area contributed by atoms with Crippen LogP contribution in [-0.4, -0.2) is 37.0 Å². The van der Waals surface area contributed by atoms with Gasteiger partial charge in [0, 0.05) is 29.7 Å². The Hall–Kier alpha value is -2.86. The highest BCUT2D eigenvalue weighted by molar-refractivity contribution is 6.31. The highest BCUT2D eigenvalue weighted by Gasteiger charge is 2.24. The second kappa shape index (κ2) is 9.09. The molecule has 0 atom stereocenters. The molecule has 0 radical (unpaired) electrons. The number of carbonyl (C=O) groups is 1. The zero-order chi connectivity index (χ0) is 20.1. The van der Waals surface area contributed by atoms with Gasteiger partial charge in [-0.3, -0.25) is 4.79 Å². The Labute approximate surface area is 170 Å². The molecule has 4 rings (SSSR count). The monoisotopic (exact) mass is 395 g/mol. The van der Waals surface area contributed by atoms with Crippen molar-refractivity contribution in [1.29, 1.82) is 0 Å². The van der Waals surface area contributed by atoms with Crippen molar-refractivity contribution in [2.45, 2.75) is 25.7 Å². The topological polar surface area (TPSA) is 53.6 Å². The number of rotatable bonds is 7. The molecule has 0 unspecified atom stereocenters. The van der Waals surface area contributed by atoms with E-state index in [1.807, 2.05) is 24.3 Å². The molecule has 2 N–H and O–H groups in total. The number of nitrogens with zero attached hydrogens (tertiary/aromatic N) is 1. The lowest BCUT2D eigenvalue weighted by atomic mass is 10.1. The predicted octanol–water partition coefficient (Wildman–Crippen LogP) is 4.49. The van der Waals surface area contributed by atoms with Crippen molar-refractivity contribution < 1.29 is 13.9 Å². The molecule has 2 aliphatic heterocycles. The van der Waals surface area contributed by atoms with Crippen LogP contribution < -0.4 is 15.4 Å². The quantitative estimate of drug-likeness (QED) is 0.536. The lowest BCUT2D eigenvalue weighted by molar-refractivity contribution is -0.110. The van der Waals surface area contributed by atoms with Gasteiger partial charge in [-0.05, 0) is 74.8 Å². The minimum atomic E-state index is -0.368. The van der Waals surface area contributed by atoms with Crippen LogP contribution in [0, 0.1) is 5.82 Å². The molecule has 152 valence electrons. The Balaban J connectivity index is 1.28. The van der Waals surface area contributed by atoms with E-state index in [0.717, 1.165) is 24.4 Å². The molecule has 0 saturated carbocycles. The molecule has 0 aromatic heterocycles. The van der Waals surface area contributed by atoms with E-state index < -0.39 is 0 Å². The Morgan fingerprint density at radius 2 is 1.90 bits per heavy atom. The zero-order valence-electron chi connectivity index (χ0n) is 16.4. The van der Waals surface area contributed by atoms with E-state index in [1.54, 1.807) is 12.3 Å². The minimum absolute atomic E-state index is 0.244. The van der Waals surface area contributed by atoms with Crippen LogP contribution in [0.4, 0.5) is 15.8 Å². The number of likely N-dealkylation sites (tertiary alicyclic amines) is 1. The van der Waals surface area contributed by atoms with E-state index >= 15 is 0 Å². The number of halogens is 1. The molecule has 1 amide bonds. The molecule has 6 heteroatoms. The van der Waals surface area contributed by atoms with Crippen molar-refractivity contribution in [2.24, 2.45) is 0 Å². The van der Waals surface area contributed by atoms with Crippen molar-refractivity contribution in [3.8, 4) is 5.75 Å². The van der Waals surface area contributed by atoms with Gasteiger partial charge in [0.25, 0.3) is 5.91 Å². The van der Waals surface area contributed by atoms with Crippen molar-refractivity contribution in [3.05, 3.63) is 60.0 Å². The number of anilines is 2. The number of hydrogen-bond acceptors (Lipinski definition) is 4. The molecule has 2 aromatic carbocycles. The standard InChI is InChI=1S/C23H26FN3O2/c24-17-5-10-22-20(15-17)21(23(28)26-22)16-25-18-6-8-19(9-7-18)29-14-4-13-27-11-2-1-3-12-27/h5-10,15-16,25H,1-4,11-14H2,(H,26,28)/b21-16+. The summed E-state index contributed by atoms with van der Waals surface area (Å²) < 4.78 is 19.3. The van der Waals surface area contributed by atoms with Gasteiger partial charge in [0.05, 0.1) is 12.2 Å². The van der Waals surface area contributed by atoms with Gasteiger partial charge in [-0.15, -0.1) is 0 Å². The molecule has 0 aliphatic carbocycles. The van der Waals surface area contributed by atoms with Crippen molar-refractivity contribution >= 4 is 22.9 Å². The number of amides is 1. The summed E-state index contributed by atoms with van der Waals surface area (Å²) in [5.41, 5.74) is 2.43. The van der Waals surface area contributed by atoms with E-state index in [0.29, 0.717) is 23.4 Å². The van der Waals surface area contributed by atoms with E-state index in [-0.39, 0.29) is 11.7 Å². The molecule has 5 nitrogen and oxygen atoms in total. The smallest absolute Gasteiger partial charge is 0.257 e. The van der Waals surface area contributed by atoms with E-state index in [9.17, 15) is 9.18 Å². The largest absolute Gasteiger partial charge is 0.494 e. The van der Waals surface area contributed by atoms with Gasteiger partial charge in [0.1, 0.15) is 11.6 Å². The van der Waals surface area contributed by atoms with E-state index in [1.165, 1.54) is 44.5 Å². The molecule has 0 bridgehead atoms. The molecule has 2 heterocycles. The summed E-state index contributed by atoms with van der Waals surface area (Å²) in [6.45, 7) is 4.23. The summed E-state index contributed by atoms with van der Waals surface area (Å²) in [7, 11) is 0. The van der Waals surface area contributed by atoms with Crippen LogP contribution in [0.2, 0.25) is 0 Å². The maximum absolute atomic E-state index is 13.5. The highest BCUT2D eigenvalue weighted by Crippen LogP contribution is 2.32. The van der Waals surface area contributed by atoms with Gasteiger partial charge < -0.3 is 20.3 Å². The molecule has 1 saturated heterocycles. The first-order valence-corrected chi connectivity index (χ1v) is 10.2. The number of ether oxygens (including phenoxy) is 1. The van der Waals surface area contributed by atoms with E-state index in [2.05, 4.69) is 15.5 Å². The summed E-state index contributed by atoms with van der Waals surface area (Å²) in [4.78, 5) is 14.6. The van der Waals surface area contributed by atoms with Crippen LogP contribution in [-0.2, 0) is 4.79 Å². The van der Waals surface area contributed by atoms with Crippen LogP contribution in [0.15, 0.2) is 48.7 Å². The molecule has 29 heavy (non-hydrogen) atoms. The maximum atomic E-state index is 13.5. The molecule has 1 fully saturated rings. The second-order valence-electron chi connectivity index (χ2n) is 7.48. The summed E-state index contributed by atoms with van der Waals surface area (Å²) >= 11 is 0. The number of benzene rings is 2. The van der Waals surface area contributed by atoms with Gasteiger partial charge >= 0.3 is 0 Å². The average Bonchev–Trinajstić information content (AvgIpc) is 3.05. The summed E-state index contributed by atoms with van der Waals surface area (Å²) in [6.07, 6.45) is 6.62. The molecule has 0 spiro atoms. The highest BCUT2D eigenvalue weighted by atomic mass is 19.1. The molecule has 2 aromatic rings. The van der Waals surface area contributed by atoms with Crippen LogP contribution in [0.5, 0.6) is 5.75 Å². The first-order chi connectivity index (χ1) is 14.2. The fourth-order valence-corrected chi connectivity index (χ4v) is 3.77. The van der Waals surface area contributed by atoms with Crippen molar-refractivity contribution in [1.82, 2.24) is 4.90 Å². The Morgan fingerprint density at radius 3 is 2.69 bits per heavy atom. The summed E-state index contributed by atoms with van der Waals surface area (Å²) in [5, 5.41) is 5.84. The van der Waals surface area contributed by atoms with Crippen molar-refractivity contribution in [2.75, 3.05) is 36.9 Å². The van der Waals surface area contributed by atoms with Gasteiger partial charge in [0.2, 0.25) is 0 Å². The van der Waals surface area contributed by atoms with Gasteiger partial charge in [-0.25, -0.2) is 4.39 Å². The van der Waals surface area contributed by atoms with Crippen molar-refractivity contribution in [3.63, 3.8) is 0 Å². The van der Waals surface area contributed by atoms with Crippen LogP contribution in [0.3, 0.4) is 0 Å².